The van der Waals surface area contributed by atoms with Gasteiger partial charge in [0.25, 0.3) is 0 Å². The number of Topliss-reactive ketones (excluding diaryl/α,β-unsaturated/α-hetero) is 1. The third kappa shape index (κ3) is 4.87. The summed E-state index contributed by atoms with van der Waals surface area (Å²) < 4.78 is 18.5. The zero-order valence-electron chi connectivity index (χ0n) is 13.3. The van der Waals surface area contributed by atoms with Crippen molar-refractivity contribution in [3.05, 3.63) is 64.4 Å². The van der Waals surface area contributed by atoms with Crippen LogP contribution in [-0.2, 0) is 9.53 Å². The van der Waals surface area contributed by atoms with Gasteiger partial charge in [0.15, 0.2) is 12.4 Å². The second kappa shape index (κ2) is 8.39. The minimum atomic E-state index is -1.01. The zero-order valence-corrected chi connectivity index (χ0v) is 14.1. The highest BCUT2D eigenvalue weighted by molar-refractivity contribution is 6.33. The largest absolute Gasteiger partial charge is 0.454 e. The molecule has 0 saturated heterocycles. The number of hydrogen-bond donors (Lipinski definition) is 1. The molecule has 2 rings (SSSR count). The van der Waals surface area contributed by atoms with Gasteiger partial charge in [0.05, 0.1) is 5.02 Å². The number of benzene rings is 2. The van der Waals surface area contributed by atoms with Gasteiger partial charge in [0, 0.05) is 17.7 Å². The summed E-state index contributed by atoms with van der Waals surface area (Å²) in [5.41, 5.74) is 0.440. The molecule has 0 heterocycles. The van der Waals surface area contributed by atoms with Crippen molar-refractivity contribution in [2.75, 3.05) is 11.9 Å². The van der Waals surface area contributed by atoms with Crippen molar-refractivity contribution in [3.63, 3.8) is 0 Å². The van der Waals surface area contributed by atoms with E-state index in [1.807, 2.05) is 0 Å². The van der Waals surface area contributed by atoms with Crippen LogP contribution in [0.2, 0.25) is 5.02 Å². The van der Waals surface area contributed by atoms with E-state index in [2.05, 4.69) is 5.32 Å². The van der Waals surface area contributed by atoms with Gasteiger partial charge >= 0.3 is 5.97 Å². The Kier molecular flexibility index (Phi) is 6.25. The van der Waals surface area contributed by atoms with Crippen LogP contribution in [0.4, 0.5) is 10.1 Å². The first kappa shape index (κ1) is 18.6. The second-order valence-electron chi connectivity index (χ2n) is 5.08. The predicted octanol–water partition coefficient (Wildman–Crippen LogP) is 3.87. The summed E-state index contributed by atoms with van der Waals surface area (Å²) in [6.07, 6.45) is 0.342. The Morgan fingerprint density at radius 1 is 1.12 bits per heavy atom. The number of carbonyl (C=O) groups excluding carboxylic acids is 3. The van der Waals surface area contributed by atoms with Crippen LogP contribution in [0.5, 0.6) is 0 Å². The van der Waals surface area contributed by atoms with Crippen LogP contribution >= 0.6 is 11.6 Å². The van der Waals surface area contributed by atoms with Crippen LogP contribution < -0.4 is 5.32 Å². The van der Waals surface area contributed by atoms with Gasteiger partial charge in [0.1, 0.15) is 11.4 Å². The van der Waals surface area contributed by atoms with Gasteiger partial charge in [-0.05, 0) is 36.4 Å². The first-order valence-electron chi connectivity index (χ1n) is 7.46. The molecule has 0 atom stereocenters. The highest BCUT2D eigenvalue weighted by Crippen LogP contribution is 2.20. The molecule has 0 aliphatic carbocycles. The van der Waals surface area contributed by atoms with Gasteiger partial charge in [-0.15, -0.1) is 0 Å². The van der Waals surface area contributed by atoms with Crippen molar-refractivity contribution in [1.82, 2.24) is 0 Å². The van der Waals surface area contributed by atoms with Crippen molar-refractivity contribution in [3.8, 4) is 0 Å². The van der Waals surface area contributed by atoms with E-state index < -0.39 is 29.7 Å². The predicted molar refractivity (Wildman–Crippen MR) is 91.4 cm³/mol. The molecule has 0 unspecified atom stereocenters. The fourth-order valence-corrected chi connectivity index (χ4v) is 2.21. The SMILES string of the molecule is CCC(=O)Nc1ccc(C(=O)COC(=O)c2c(F)cccc2Cl)cc1. The van der Waals surface area contributed by atoms with Gasteiger partial charge in [0.2, 0.25) is 5.91 Å². The van der Waals surface area contributed by atoms with E-state index in [0.717, 1.165) is 6.07 Å². The maximum Gasteiger partial charge on any atom is 0.343 e. The normalized spacial score (nSPS) is 10.2. The summed E-state index contributed by atoms with van der Waals surface area (Å²) in [6.45, 7) is 1.17. The molecule has 2 aromatic rings. The number of halogens is 2. The summed E-state index contributed by atoms with van der Waals surface area (Å²) in [5, 5.41) is 2.56. The van der Waals surface area contributed by atoms with E-state index in [4.69, 9.17) is 16.3 Å². The van der Waals surface area contributed by atoms with Gasteiger partial charge < -0.3 is 10.1 Å². The first-order chi connectivity index (χ1) is 11.9. The van der Waals surface area contributed by atoms with Crippen LogP contribution in [0.3, 0.4) is 0 Å². The lowest BCUT2D eigenvalue weighted by Gasteiger charge is -2.07. The molecule has 0 aliphatic rings. The lowest BCUT2D eigenvalue weighted by atomic mass is 10.1. The molecular formula is C18H15ClFNO4. The summed E-state index contributed by atoms with van der Waals surface area (Å²) in [4.78, 5) is 35.2. The van der Waals surface area contributed by atoms with E-state index in [-0.39, 0.29) is 10.9 Å². The Bertz CT molecular complexity index is 785. The maximum absolute atomic E-state index is 13.6. The Morgan fingerprint density at radius 2 is 1.80 bits per heavy atom. The van der Waals surface area contributed by atoms with Gasteiger partial charge in [-0.25, -0.2) is 9.18 Å². The molecule has 0 bridgehead atoms. The zero-order chi connectivity index (χ0) is 18.4. The molecule has 0 spiro atoms. The van der Waals surface area contributed by atoms with Gasteiger partial charge in [-0.1, -0.05) is 24.6 Å². The van der Waals surface area contributed by atoms with E-state index >= 15 is 0 Å². The smallest absolute Gasteiger partial charge is 0.343 e. The number of anilines is 1. The van der Waals surface area contributed by atoms with Crippen molar-refractivity contribution in [2.45, 2.75) is 13.3 Å². The molecule has 1 N–H and O–H groups in total. The fourth-order valence-electron chi connectivity index (χ4n) is 1.97. The first-order valence-corrected chi connectivity index (χ1v) is 7.84. The summed E-state index contributed by atoms with van der Waals surface area (Å²) in [6, 6.07) is 9.92. The number of hydrogen-bond acceptors (Lipinski definition) is 4. The van der Waals surface area contributed by atoms with E-state index in [0.29, 0.717) is 17.7 Å². The minimum absolute atomic E-state index is 0.0894. The fraction of sp³-hybridized carbons (Fsp3) is 0.167. The standard InChI is InChI=1S/C18H15ClFNO4/c1-2-16(23)21-12-8-6-11(7-9-12)15(22)10-25-18(24)17-13(19)4-3-5-14(17)20/h3-9H,2,10H2,1H3,(H,21,23). The quantitative estimate of drug-likeness (QED) is 0.624. The highest BCUT2D eigenvalue weighted by Gasteiger charge is 2.18. The number of nitrogens with one attached hydrogen (secondary N) is 1. The average Bonchev–Trinajstić information content (AvgIpc) is 2.60. The van der Waals surface area contributed by atoms with E-state index in [9.17, 15) is 18.8 Å². The number of ketones is 1. The molecule has 0 fully saturated rings. The van der Waals surface area contributed by atoms with Crippen molar-refractivity contribution >= 4 is 34.9 Å². The Labute approximate surface area is 148 Å². The summed E-state index contributed by atoms with van der Waals surface area (Å²) in [5.74, 6) is -2.44. The van der Waals surface area contributed by atoms with Crippen LogP contribution in [0.15, 0.2) is 42.5 Å². The highest BCUT2D eigenvalue weighted by atomic mass is 35.5. The second-order valence-corrected chi connectivity index (χ2v) is 5.48. The third-order valence-corrected chi connectivity index (χ3v) is 3.63. The monoisotopic (exact) mass is 363 g/mol. The van der Waals surface area contributed by atoms with Gasteiger partial charge in [-0.2, -0.15) is 0 Å². The molecule has 0 saturated carbocycles. The van der Waals surface area contributed by atoms with Crippen LogP contribution in [0.25, 0.3) is 0 Å². The Hall–Kier alpha value is -2.73. The van der Waals surface area contributed by atoms with E-state index in [1.165, 1.54) is 24.3 Å². The lowest BCUT2D eigenvalue weighted by molar-refractivity contribution is -0.115. The number of ether oxygens (including phenoxy) is 1. The topological polar surface area (TPSA) is 72.5 Å². The van der Waals surface area contributed by atoms with E-state index in [1.54, 1.807) is 19.1 Å². The van der Waals surface area contributed by atoms with Crippen LogP contribution in [0.1, 0.15) is 34.1 Å². The molecule has 0 aliphatic heterocycles. The van der Waals surface area contributed by atoms with Crippen molar-refractivity contribution in [2.24, 2.45) is 0 Å². The minimum Gasteiger partial charge on any atom is -0.454 e. The molecule has 1 amide bonds. The molecular weight excluding hydrogens is 349 g/mol. The Morgan fingerprint density at radius 3 is 2.40 bits per heavy atom. The number of carbonyl (C=O) groups is 3. The molecule has 130 valence electrons. The summed E-state index contributed by atoms with van der Waals surface area (Å²) in [7, 11) is 0. The van der Waals surface area contributed by atoms with Crippen molar-refractivity contribution < 1.29 is 23.5 Å². The molecule has 25 heavy (non-hydrogen) atoms. The number of rotatable bonds is 6. The lowest BCUT2D eigenvalue weighted by Crippen LogP contribution is -2.16. The molecule has 2 aromatic carbocycles. The maximum atomic E-state index is 13.6. The third-order valence-electron chi connectivity index (χ3n) is 3.31. The van der Waals surface area contributed by atoms with Gasteiger partial charge in [-0.3, -0.25) is 9.59 Å². The van der Waals surface area contributed by atoms with Crippen LogP contribution in [0, 0.1) is 5.82 Å². The number of amides is 1. The molecule has 7 heteroatoms. The molecule has 0 aromatic heterocycles. The summed E-state index contributed by atoms with van der Waals surface area (Å²) >= 11 is 5.77. The average molecular weight is 364 g/mol. The number of esters is 1. The molecule has 5 nitrogen and oxygen atoms in total. The van der Waals surface area contributed by atoms with Crippen LogP contribution in [-0.4, -0.2) is 24.3 Å². The van der Waals surface area contributed by atoms with Crippen molar-refractivity contribution in [1.29, 1.82) is 0 Å². The molecule has 0 radical (unpaired) electrons. The Balaban J connectivity index is 1.98.